The molecule has 8 heteroatoms. The van der Waals surface area contributed by atoms with Crippen molar-refractivity contribution in [1.82, 2.24) is 0 Å². The molecule has 0 aromatic heterocycles. The molecule has 1 N–H and O–H groups in total. The molecular formula is C10H11NO6S. The number of nitrogens with zero attached hydrogens (tertiary/aromatic N) is 1. The Balaban J connectivity index is 3.18. The zero-order valence-corrected chi connectivity index (χ0v) is 10.3. The number of benzene rings is 1. The quantitative estimate of drug-likeness (QED) is 0.375. The van der Waals surface area contributed by atoms with Crippen LogP contribution in [0, 0.1) is 10.1 Å². The van der Waals surface area contributed by atoms with Crippen LogP contribution in [0.1, 0.15) is 23.7 Å². The lowest BCUT2D eigenvalue weighted by Crippen LogP contribution is -2.29. The van der Waals surface area contributed by atoms with Crippen LogP contribution in [0.3, 0.4) is 0 Å². The van der Waals surface area contributed by atoms with Gasteiger partial charge in [0.05, 0.1) is 4.92 Å². The molecule has 0 aliphatic rings. The van der Waals surface area contributed by atoms with Crippen LogP contribution in [-0.2, 0) is 10.1 Å². The Labute approximate surface area is 103 Å². The highest BCUT2D eigenvalue weighted by Crippen LogP contribution is 2.17. The second kappa shape index (κ2) is 5.23. The molecule has 1 rings (SSSR count). The van der Waals surface area contributed by atoms with Crippen molar-refractivity contribution in [3.8, 4) is 0 Å². The molecule has 0 fully saturated rings. The first-order valence-electron chi connectivity index (χ1n) is 5.02. The van der Waals surface area contributed by atoms with Crippen molar-refractivity contribution in [1.29, 1.82) is 0 Å². The van der Waals surface area contributed by atoms with Crippen LogP contribution in [-0.4, -0.2) is 28.9 Å². The van der Waals surface area contributed by atoms with E-state index in [0.717, 1.165) is 6.07 Å². The molecule has 7 nitrogen and oxygen atoms in total. The second-order valence-electron chi connectivity index (χ2n) is 3.58. The van der Waals surface area contributed by atoms with Crippen LogP contribution in [0.5, 0.6) is 0 Å². The first kappa shape index (κ1) is 14.3. The van der Waals surface area contributed by atoms with Gasteiger partial charge < -0.3 is 0 Å². The summed E-state index contributed by atoms with van der Waals surface area (Å²) in [6.07, 6.45) is -0.111. The third-order valence-corrected chi connectivity index (χ3v) is 3.63. The summed E-state index contributed by atoms with van der Waals surface area (Å²) in [4.78, 5) is 21.7. The van der Waals surface area contributed by atoms with Gasteiger partial charge in [-0.15, -0.1) is 0 Å². The van der Waals surface area contributed by atoms with Crippen LogP contribution in [0.25, 0.3) is 0 Å². The van der Waals surface area contributed by atoms with E-state index in [1.54, 1.807) is 0 Å². The number of hydrogen-bond acceptors (Lipinski definition) is 5. The van der Waals surface area contributed by atoms with E-state index >= 15 is 0 Å². The number of rotatable bonds is 5. The summed E-state index contributed by atoms with van der Waals surface area (Å²) in [5, 5.41) is 8.94. The average Bonchev–Trinajstić information content (AvgIpc) is 2.28. The van der Waals surface area contributed by atoms with Gasteiger partial charge in [-0.25, -0.2) is 0 Å². The van der Waals surface area contributed by atoms with Gasteiger partial charge in [-0.2, -0.15) is 8.42 Å². The lowest BCUT2D eigenvalue weighted by atomic mass is 10.1. The van der Waals surface area contributed by atoms with Crippen molar-refractivity contribution in [2.24, 2.45) is 0 Å². The van der Waals surface area contributed by atoms with Crippen LogP contribution in [0.4, 0.5) is 5.69 Å². The molecule has 1 aromatic carbocycles. The fraction of sp³-hybridized carbons (Fsp3) is 0.300. The first-order chi connectivity index (χ1) is 8.27. The Kier molecular flexibility index (Phi) is 4.15. The summed E-state index contributed by atoms with van der Waals surface area (Å²) in [6.45, 7) is 1.42. The number of carbonyl (C=O) groups excluding carboxylic acids is 1. The van der Waals surface area contributed by atoms with Crippen molar-refractivity contribution in [3.63, 3.8) is 0 Å². The Hall–Kier alpha value is -1.80. The van der Waals surface area contributed by atoms with E-state index in [2.05, 4.69) is 0 Å². The molecule has 0 heterocycles. The summed E-state index contributed by atoms with van der Waals surface area (Å²) in [6, 6.07) is 4.71. The number of nitro groups is 1. The minimum absolute atomic E-state index is 0.111. The number of Topliss-reactive ketones (excluding diaryl/α,β-unsaturated/α-hetero) is 1. The van der Waals surface area contributed by atoms with E-state index in [4.69, 9.17) is 4.55 Å². The molecule has 98 valence electrons. The molecule has 1 atom stereocenters. The molecule has 0 aliphatic heterocycles. The highest BCUT2D eigenvalue weighted by molar-refractivity contribution is 7.87. The maximum atomic E-state index is 11.8. The van der Waals surface area contributed by atoms with Gasteiger partial charge in [-0.3, -0.25) is 19.5 Å². The Morgan fingerprint density at radius 1 is 1.50 bits per heavy atom. The van der Waals surface area contributed by atoms with Crippen LogP contribution in [0.2, 0.25) is 0 Å². The third-order valence-electron chi connectivity index (χ3n) is 2.36. The minimum atomic E-state index is -4.51. The third kappa shape index (κ3) is 3.11. The average molecular weight is 273 g/mol. The van der Waals surface area contributed by atoms with Crippen LogP contribution >= 0.6 is 0 Å². The molecule has 0 amide bonds. The minimum Gasteiger partial charge on any atom is -0.293 e. The topological polar surface area (TPSA) is 115 Å². The molecule has 0 bridgehead atoms. The molecule has 0 saturated heterocycles. The molecule has 0 radical (unpaired) electrons. The Bertz CT molecular complexity index is 580. The van der Waals surface area contributed by atoms with E-state index in [1.807, 2.05) is 0 Å². The van der Waals surface area contributed by atoms with Gasteiger partial charge in [-0.1, -0.05) is 19.1 Å². The Morgan fingerprint density at radius 3 is 2.56 bits per heavy atom. The predicted octanol–water partition coefficient (Wildman–Crippen LogP) is 1.44. The fourth-order valence-electron chi connectivity index (χ4n) is 1.49. The van der Waals surface area contributed by atoms with Gasteiger partial charge in [0.25, 0.3) is 15.8 Å². The second-order valence-corrected chi connectivity index (χ2v) is 5.18. The van der Waals surface area contributed by atoms with E-state index in [-0.39, 0.29) is 17.7 Å². The zero-order valence-electron chi connectivity index (χ0n) is 9.44. The van der Waals surface area contributed by atoms with E-state index in [0.29, 0.717) is 0 Å². The summed E-state index contributed by atoms with van der Waals surface area (Å²) in [5.74, 6) is -0.858. The predicted molar refractivity (Wildman–Crippen MR) is 63.1 cm³/mol. The zero-order chi connectivity index (χ0) is 13.9. The maximum absolute atomic E-state index is 11.8. The molecule has 0 spiro atoms. The standard InChI is InChI=1S/C10H11NO6S/c1-2-9(18(15,16)17)10(12)7-4-3-5-8(6-7)11(13)14/h3-6,9H,2H2,1H3,(H,15,16,17). The number of ketones is 1. The van der Waals surface area contributed by atoms with Gasteiger partial charge in [0.15, 0.2) is 5.78 Å². The Morgan fingerprint density at radius 2 is 2.11 bits per heavy atom. The van der Waals surface area contributed by atoms with Crippen molar-refractivity contribution >= 4 is 21.6 Å². The van der Waals surface area contributed by atoms with Crippen LogP contribution in [0.15, 0.2) is 24.3 Å². The summed E-state index contributed by atoms with van der Waals surface area (Å²) >= 11 is 0. The lowest BCUT2D eigenvalue weighted by molar-refractivity contribution is -0.384. The number of non-ortho nitro benzene ring substituents is 1. The summed E-state index contributed by atoms with van der Waals surface area (Å²) in [5.41, 5.74) is -0.431. The van der Waals surface area contributed by atoms with E-state index < -0.39 is 26.1 Å². The van der Waals surface area contributed by atoms with E-state index in [1.165, 1.54) is 25.1 Å². The molecular weight excluding hydrogens is 262 g/mol. The highest BCUT2D eigenvalue weighted by atomic mass is 32.2. The number of nitro benzene ring substituents is 1. The normalized spacial score (nSPS) is 13.0. The summed E-state index contributed by atoms with van der Waals surface area (Å²) < 4.78 is 30.9. The maximum Gasteiger partial charge on any atom is 0.275 e. The van der Waals surface area contributed by atoms with Crippen molar-refractivity contribution in [2.75, 3.05) is 0 Å². The van der Waals surface area contributed by atoms with Crippen molar-refractivity contribution < 1.29 is 22.7 Å². The highest BCUT2D eigenvalue weighted by Gasteiger charge is 2.30. The van der Waals surface area contributed by atoms with Gasteiger partial charge in [0.2, 0.25) is 0 Å². The largest absolute Gasteiger partial charge is 0.293 e. The molecule has 1 unspecified atom stereocenters. The van der Waals surface area contributed by atoms with Gasteiger partial charge >= 0.3 is 0 Å². The van der Waals surface area contributed by atoms with Crippen LogP contribution < -0.4 is 0 Å². The molecule has 0 aliphatic carbocycles. The van der Waals surface area contributed by atoms with Crippen molar-refractivity contribution in [2.45, 2.75) is 18.6 Å². The van der Waals surface area contributed by atoms with Gasteiger partial charge in [0, 0.05) is 17.7 Å². The summed E-state index contributed by atoms with van der Waals surface area (Å²) in [7, 11) is -4.51. The number of hydrogen-bond donors (Lipinski definition) is 1. The monoisotopic (exact) mass is 273 g/mol. The SMILES string of the molecule is CCC(C(=O)c1cccc([N+](=O)[O-])c1)S(=O)(=O)O. The van der Waals surface area contributed by atoms with Gasteiger partial charge in [0.1, 0.15) is 5.25 Å². The van der Waals surface area contributed by atoms with Gasteiger partial charge in [-0.05, 0) is 6.42 Å². The molecule has 18 heavy (non-hydrogen) atoms. The van der Waals surface area contributed by atoms with Crippen molar-refractivity contribution in [3.05, 3.63) is 39.9 Å². The van der Waals surface area contributed by atoms with E-state index in [9.17, 15) is 23.3 Å². The molecule has 1 aromatic rings. The fourth-order valence-corrected chi connectivity index (χ4v) is 2.32. The lowest BCUT2D eigenvalue weighted by Gasteiger charge is -2.09. The smallest absolute Gasteiger partial charge is 0.275 e. The first-order valence-corrected chi connectivity index (χ1v) is 6.52. The molecule has 0 saturated carbocycles. The number of carbonyl (C=O) groups is 1.